The maximum absolute atomic E-state index is 11.5. The molecular weight excluding hydrogens is 270 g/mol. The lowest BCUT2D eigenvalue weighted by molar-refractivity contribution is -0.126. The number of rotatable bonds is 5. The standard InChI is InChI=1S/C12H15NO5S/c1-8-4-9(2)6-11(5-8)18-19(16,17)13-12(15)7-10(3)14/h4-6H,7H2,1-3H3,(H,13,15). The summed E-state index contributed by atoms with van der Waals surface area (Å²) in [5.74, 6) is -1.24. The van der Waals surface area contributed by atoms with Crippen LogP contribution < -0.4 is 8.91 Å². The lowest BCUT2D eigenvalue weighted by Crippen LogP contribution is -2.34. The van der Waals surface area contributed by atoms with E-state index in [2.05, 4.69) is 0 Å². The minimum absolute atomic E-state index is 0.112. The molecule has 0 aliphatic heterocycles. The van der Waals surface area contributed by atoms with Gasteiger partial charge in [0.15, 0.2) is 0 Å². The Bertz CT molecular complexity index is 586. The van der Waals surface area contributed by atoms with Crippen LogP contribution in [0.2, 0.25) is 0 Å². The van der Waals surface area contributed by atoms with Crippen molar-refractivity contribution < 1.29 is 22.2 Å². The van der Waals surface area contributed by atoms with Gasteiger partial charge < -0.3 is 4.18 Å². The second kappa shape index (κ2) is 5.83. The molecule has 104 valence electrons. The molecule has 19 heavy (non-hydrogen) atoms. The van der Waals surface area contributed by atoms with Crippen LogP contribution in [0.5, 0.6) is 5.75 Å². The Balaban J connectivity index is 2.79. The first-order chi connectivity index (χ1) is 8.68. The van der Waals surface area contributed by atoms with E-state index in [1.807, 2.05) is 6.07 Å². The lowest BCUT2D eigenvalue weighted by atomic mass is 10.1. The zero-order chi connectivity index (χ0) is 14.6. The van der Waals surface area contributed by atoms with Gasteiger partial charge in [-0.2, -0.15) is 8.42 Å². The van der Waals surface area contributed by atoms with Gasteiger partial charge in [-0.05, 0) is 44.0 Å². The molecule has 0 saturated carbocycles. The summed E-state index contributed by atoms with van der Waals surface area (Å²) in [5, 5.41) is 0. The number of Topliss-reactive ketones (excluding diaryl/α,β-unsaturated/α-hetero) is 1. The van der Waals surface area contributed by atoms with E-state index in [-0.39, 0.29) is 5.75 Å². The Morgan fingerprint density at radius 1 is 1.16 bits per heavy atom. The molecule has 0 aliphatic carbocycles. The van der Waals surface area contributed by atoms with Crippen molar-refractivity contribution in [2.24, 2.45) is 0 Å². The first-order valence-electron chi connectivity index (χ1n) is 5.51. The molecule has 0 heterocycles. The largest absolute Gasteiger partial charge is 0.409 e. The minimum atomic E-state index is -4.26. The zero-order valence-electron chi connectivity index (χ0n) is 10.9. The highest BCUT2D eigenvalue weighted by Gasteiger charge is 2.17. The molecule has 0 spiro atoms. The van der Waals surface area contributed by atoms with Crippen molar-refractivity contribution >= 4 is 22.0 Å². The fraction of sp³-hybridized carbons (Fsp3) is 0.333. The average Bonchev–Trinajstić information content (AvgIpc) is 2.10. The van der Waals surface area contributed by atoms with Crippen molar-refractivity contribution in [2.45, 2.75) is 27.2 Å². The van der Waals surface area contributed by atoms with Crippen molar-refractivity contribution in [1.29, 1.82) is 0 Å². The smallest absolute Gasteiger partial charge is 0.367 e. The monoisotopic (exact) mass is 285 g/mol. The third kappa shape index (κ3) is 5.52. The Morgan fingerprint density at radius 3 is 2.16 bits per heavy atom. The number of nitrogens with one attached hydrogen (secondary N) is 1. The van der Waals surface area contributed by atoms with Gasteiger partial charge in [0.05, 0.1) is 6.42 Å². The highest BCUT2D eigenvalue weighted by atomic mass is 32.2. The summed E-state index contributed by atoms with van der Waals surface area (Å²) < 4.78 is 29.5. The van der Waals surface area contributed by atoms with Crippen LogP contribution >= 0.6 is 0 Å². The average molecular weight is 285 g/mol. The molecule has 1 N–H and O–H groups in total. The van der Waals surface area contributed by atoms with E-state index in [1.54, 1.807) is 18.6 Å². The van der Waals surface area contributed by atoms with Gasteiger partial charge in [0.2, 0.25) is 5.91 Å². The van der Waals surface area contributed by atoms with Gasteiger partial charge in [-0.1, -0.05) is 6.07 Å². The lowest BCUT2D eigenvalue weighted by Gasteiger charge is -2.09. The van der Waals surface area contributed by atoms with E-state index in [1.165, 1.54) is 19.1 Å². The van der Waals surface area contributed by atoms with E-state index in [9.17, 15) is 18.0 Å². The van der Waals surface area contributed by atoms with E-state index in [4.69, 9.17) is 4.18 Å². The molecule has 0 aromatic heterocycles. The van der Waals surface area contributed by atoms with E-state index < -0.39 is 28.4 Å². The predicted molar refractivity (Wildman–Crippen MR) is 68.9 cm³/mol. The molecular formula is C12H15NO5S. The molecule has 1 rings (SSSR count). The second-order valence-electron chi connectivity index (χ2n) is 4.26. The van der Waals surface area contributed by atoms with Crippen molar-refractivity contribution in [2.75, 3.05) is 0 Å². The van der Waals surface area contributed by atoms with Crippen LogP contribution in [0.15, 0.2) is 18.2 Å². The molecule has 1 aromatic carbocycles. The topological polar surface area (TPSA) is 89.5 Å². The van der Waals surface area contributed by atoms with E-state index in [0.29, 0.717) is 0 Å². The number of amides is 1. The number of carbonyl (C=O) groups is 2. The number of carbonyl (C=O) groups excluding carboxylic acids is 2. The number of aryl methyl sites for hydroxylation is 2. The minimum Gasteiger partial charge on any atom is -0.367 e. The SMILES string of the molecule is CC(=O)CC(=O)NS(=O)(=O)Oc1cc(C)cc(C)c1. The van der Waals surface area contributed by atoms with Gasteiger partial charge in [-0.15, -0.1) is 0 Å². The molecule has 7 heteroatoms. The first kappa shape index (κ1) is 15.2. The van der Waals surface area contributed by atoms with Crippen LogP contribution in [0, 0.1) is 13.8 Å². The molecule has 0 atom stereocenters. The van der Waals surface area contributed by atoms with E-state index >= 15 is 0 Å². The molecule has 0 fully saturated rings. The normalized spacial score (nSPS) is 10.9. The van der Waals surface area contributed by atoms with Crippen LogP contribution in [-0.2, 0) is 19.9 Å². The van der Waals surface area contributed by atoms with Crippen LogP contribution in [-0.4, -0.2) is 20.1 Å². The first-order valence-corrected chi connectivity index (χ1v) is 6.91. The molecule has 0 bridgehead atoms. The number of hydrogen-bond donors (Lipinski definition) is 1. The fourth-order valence-corrected chi connectivity index (χ4v) is 2.27. The third-order valence-electron chi connectivity index (χ3n) is 2.05. The molecule has 0 unspecified atom stereocenters. The van der Waals surface area contributed by atoms with Crippen LogP contribution in [0.25, 0.3) is 0 Å². The summed E-state index contributed by atoms with van der Waals surface area (Å²) >= 11 is 0. The molecule has 6 nitrogen and oxygen atoms in total. The second-order valence-corrected chi connectivity index (χ2v) is 5.54. The maximum Gasteiger partial charge on any atom is 0.409 e. The zero-order valence-corrected chi connectivity index (χ0v) is 11.7. The maximum atomic E-state index is 11.5. The van der Waals surface area contributed by atoms with E-state index in [0.717, 1.165) is 11.1 Å². The number of hydrogen-bond acceptors (Lipinski definition) is 5. The van der Waals surface area contributed by atoms with Crippen molar-refractivity contribution in [3.05, 3.63) is 29.3 Å². The third-order valence-corrected chi connectivity index (χ3v) is 2.94. The highest BCUT2D eigenvalue weighted by molar-refractivity contribution is 7.85. The summed E-state index contributed by atoms with van der Waals surface area (Å²) in [7, 11) is -4.26. The van der Waals surface area contributed by atoms with Crippen LogP contribution in [0.4, 0.5) is 0 Å². The molecule has 0 saturated heterocycles. The summed E-state index contributed by atoms with van der Waals surface area (Å²) in [6, 6.07) is 4.91. The van der Waals surface area contributed by atoms with Crippen LogP contribution in [0.3, 0.4) is 0 Å². The summed E-state index contributed by atoms with van der Waals surface area (Å²) in [4.78, 5) is 21.9. The molecule has 1 amide bonds. The van der Waals surface area contributed by atoms with Crippen LogP contribution in [0.1, 0.15) is 24.5 Å². The van der Waals surface area contributed by atoms with Gasteiger partial charge in [-0.25, -0.2) is 4.72 Å². The fourth-order valence-electron chi connectivity index (χ4n) is 1.53. The molecule has 0 radical (unpaired) electrons. The summed E-state index contributed by atoms with van der Waals surface area (Å²) in [5.41, 5.74) is 1.67. The summed E-state index contributed by atoms with van der Waals surface area (Å²) in [6.45, 7) is 4.78. The summed E-state index contributed by atoms with van der Waals surface area (Å²) in [6.07, 6.45) is -0.505. The molecule has 0 aliphatic rings. The number of ketones is 1. The van der Waals surface area contributed by atoms with Crippen molar-refractivity contribution in [3.63, 3.8) is 0 Å². The van der Waals surface area contributed by atoms with Gasteiger partial charge in [0, 0.05) is 0 Å². The highest BCUT2D eigenvalue weighted by Crippen LogP contribution is 2.17. The Kier molecular flexibility index (Phi) is 4.66. The van der Waals surface area contributed by atoms with Gasteiger partial charge in [0.25, 0.3) is 0 Å². The number of benzene rings is 1. The Labute approximate surface area is 112 Å². The van der Waals surface area contributed by atoms with Gasteiger partial charge in [0.1, 0.15) is 11.5 Å². The Hall–Kier alpha value is -1.89. The van der Waals surface area contributed by atoms with Gasteiger partial charge >= 0.3 is 10.3 Å². The quantitative estimate of drug-likeness (QED) is 0.816. The van der Waals surface area contributed by atoms with Crippen molar-refractivity contribution in [3.8, 4) is 5.75 Å². The predicted octanol–water partition coefficient (Wildman–Crippen LogP) is 1.02. The van der Waals surface area contributed by atoms with Crippen molar-refractivity contribution in [1.82, 2.24) is 4.72 Å². The van der Waals surface area contributed by atoms with Gasteiger partial charge in [-0.3, -0.25) is 9.59 Å². The Morgan fingerprint density at radius 2 is 1.68 bits per heavy atom. The molecule has 1 aromatic rings.